The summed E-state index contributed by atoms with van der Waals surface area (Å²) in [4.78, 5) is 11.5. The number of hydroxylamine groups is 1. The van der Waals surface area contributed by atoms with E-state index >= 15 is 0 Å². The number of rotatable bonds is 2. The van der Waals surface area contributed by atoms with Gasteiger partial charge in [-0.05, 0) is 36.2 Å². The first-order valence-electron chi connectivity index (χ1n) is 9.80. The quantitative estimate of drug-likeness (QED) is 0.829. The zero-order valence-electron chi connectivity index (χ0n) is 15.5. The molecule has 2 unspecified atom stereocenters. The van der Waals surface area contributed by atoms with Crippen molar-refractivity contribution < 1.29 is 4.84 Å². The summed E-state index contributed by atoms with van der Waals surface area (Å²) in [5.41, 5.74) is 5.48. The summed E-state index contributed by atoms with van der Waals surface area (Å²) in [5.74, 6) is 0. The molecule has 2 aromatic carbocycles. The van der Waals surface area contributed by atoms with Crippen molar-refractivity contribution in [3.63, 3.8) is 0 Å². The minimum Gasteiger partial charge on any atom is -0.304 e. The number of nitrogens with zero attached hydrogens (tertiary/aromatic N) is 3. The summed E-state index contributed by atoms with van der Waals surface area (Å²) in [6.45, 7) is 5.64. The van der Waals surface area contributed by atoms with Crippen molar-refractivity contribution in [3.05, 3.63) is 65.2 Å². The van der Waals surface area contributed by atoms with Crippen LogP contribution in [0.1, 0.15) is 29.2 Å². The van der Waals surface area contributed by atoms with Gasteiger partial charge in [-0.1, -0.05) is 42.5 Å². The Balaban J connectivity index is 1.43. The molecule has 0 radical (unpaired) electrons. The number of benzene rings is 2. The molecule has 3 heterocycles. The minimum atomic E-state index is 0.266. The maximum atomic E-state index is 6.54. The van der Waals surface area contributed by atoms with Crippen molar-refractivity contribution in [1.29, 1.82) is 0 Å². The topological polar surface area (TPSA) is 19.0 Å². The van der Waals surface area contributed by atoms with E-state index in [1.165, 1.54) is 22.4 Å². The summed E-state index contributed by atoms with van der Waals surface area (Å²) in [7, 11) is 2.21. The summed E-state index contributed by atoms with van der Waals surface area (Å²) in [6, 6.07) is 18.0. The number of anilines is 1. The van der Waals surface area contributed by atoms with Crippen molar-refractivity contribution in [2.24, 2.45) is 0 Å². The number of hydrogen-bond acceptors (Lipinski definition) is 4. The van der Waals surface area contributed by atoms with E-state index in [2.05, 4.69) is 70.4 Å². The van der Waals surface area contributed by atoms with Crippen LogP contribution in [-0.2, 0) is 11.3 Å². The van der Waals surface area contributed by atoms with E-state index in [1.54, 1.807) is 0 Å². The van der Waals surface area contributed by atoms with Gasteiger partial charge in [0.15, 0.2) is 0 Å². The fourth-order valence-corrected chi connectivity index (χ4v) is 4.63. The zero-order valence-corrected chi connectivity index (χ0v) is 15.5. The molecular weight excluding hydrogens is 322 g/mol. The second-order valence-corrected chi connectivity index (χ2v) is 7.91. The highest BCUT2D eigenvalue weighted by atomic mass is 16.7. The third kappa shape index (κ3) is 2.92. The Bertz CT molecular complexity index is 731. The van der Waals surface area contributed by atoms with Crippen LogP contribution in [-0.4, -0.2) is 55.7 Å². The summed E-state index contributed by atoms with van der Waals surface area (Å²) in [6.07, 6.45) is 2.33. The SMILES string of the molecule is CN1CCN(CC2CC3c4ccccc4Cc4ccccc4N3O2)CC1. The molecule has 2 atom stereocenters. The van der Waals surface area contributed by atoms with Gasteiger partial charge in [-0.15, -0.1) is 0 Å². The first-order chi connectivity index (χ1) is 12.8. The van der Waals surface area contributed by atoms with Crippen LogP contribution in [0.2, 0.25) is 0 Å². The van der Waals surface area contributed by atoms with Gasteiger partial charge in [-0.25, -0.2) is 5.06 Å². The molecule has 0 saturated carbocycles. The second-order valence-electron chi connectivity index (χ2n) is 7.91. The maximum Gasteiger partial charge on any atom is 0.101 e. The van der Waals surface area contributed by atoms with Gasteiger partial charge in [0.25, 0.3) is 0 Å². The maximum absolute atomic E-state index is 6.54. The first kappa shape index (κ1) is 16.3. The second kappa shape index (κ2) is 6.69. The Labute approximate surface area is 155 Å². The van der Waals surface area contributed by atoms with Gasteiger partial charge in [0.2, 0.25) is 0 Å². The lowest BCUT2D eigenvalue weighted by Gasteiger charge is -2.33. The monoisotopic (exact) mass is 349 g/mol. The molecule has 5 rings (SSSR count). The summed E-state index contributed by atoms with van der Waals surface area (Å²) in [5, 5.41) is 2.21. The average Bonchev–Trinajstić information content (AvgIpc) is 3.03. The summed E-state index contributed by atoms with van der Waals surface area (Å²) < 4.78 is 0. The first-order valence-corrected chi connectivity index (χ1v) is 9.80. The van der Waals surface area contributed by atoms with Gasteiger partial charge in [-0.2, -0.15) is 0 Å². The van der Waals surface area contributed by atoms with E-state index < -0.39 is 0 Å². The molecule has 2 aromatic rings. The summed E-state index contributed by atoms with van der Waals surface area (Å²) >= 11 is 0. The lowest BCUT2D eigenvalue weighted by atomic mass is 9.95. The fraction of sp³-hybridized carbons (Fsp3) is 0.455. The molecule has 4 nitrogen and oxygen atoms in total. The predicted octanol–water partition coefficient (Wildman–Crippen LogP) is 3.09. The van der Waals surface area contributed by atoms with E-state index in [0.29, 0.717) is 6.04 Å². The standard InChI is InChI=1S/C22H27N3O/c1-23-10-12-24(13-11-23)16-19-15-22-20-8-4-2-6-17(20)14-18-7-3-5-9-21(18)25(22)26-19/h2-9,19,22H,10-16H2,1H3. The van der Waals surface area contributed by atoms with Crippen LogP contribution in [0.25, 0.3) is 0 Å². The van der Waals surface area contributed by atoms with Crippen LogP contribution < -0.4 is 5.06 Å². The van der Waals surface area contributed by atoms with Gasteiger partial charge in [0.05, 0.1) is 11.7 Å². The van der Waals surface area contributed by atoms with E-state index in [9.17, 15) is 0 Å². The molecule has 0 amide bonds. The number of likely N-dealkylation sites (N-methyl/N-ethyl adjacent to an activating group) is 1. The largest absolute Gasteiger partial charge is 0.304 e. The molecule has 3 aliphatic rings. The highest BCUT2D eigenvalue weighted by Gasteiger charge is 2.39. The molecule has 0 N–H and O–H groups in total. The molecule has 0 aliphatic carbocycles. The van der Waals surface area contributed by atoms with Gasteiger partial charge < -0.3 is 4.90 Å². The molecule has 3 aliphatic heterocycles. The normalized spacial score (nSPS) is 26.1. The molecule has 0 spiro atoms. The van der Waals surface area contributed by atoms with Gasteiger partial charge in [0.1, 0.15) is 6.10 Å². The van der Waals surface area contributed by atoms with E-state index in [-0.39, 0.29) is 6.10 Å². The van der Waals surface area contributed by atoms with Crippen LogP contribution in [0, 0.1) is 0 Å². The van der Waals surface area contributed by atoms with Crippen LogP contribution in [0.3, 0.4) is 0 Å². The molecule has 2 fully saturated rings. The van der Waals surface area contributed by atoms with Crippen molar-refractivity contribution in [1.82, 2.24) is 9.80 Å². The smallest absolute Gasteiger partial charge is 0.101 e. The van der Waals surface area contributed by atoms with Crippen LogP contribution in [0.4, 0.5) is 5.69 Å². The highest BCUT2D eigenvalue weighted by Crippen LogP contribution is 2.44. The van der Waals surface area contributed by atoms with E-state index in [1.807, 2.05) is 0 Å². The molecule has 136 valence electrons. The zero-order chi connectivity index (χ0) is 17.5. The lowest BCUT2D eigenvalue weighted by molar-refractivity contribution is 0.0398. The Morgan fingerprint density at radius 3 is 2.50 bits per heavy atom. The minimum absolute atomic E-state index is 0.266. The predicted molar refractivity (Wildman–Crippen MR) is 104 cm³/mol. The number of fused-ring (bicyclic) bond motifs is 5. The van der Waals surface area contributed by atoms with E-state index in [4.69, 9.17) is 4.84 Å². The van der Waals surface area contributed by atoms with Gasteiger partial charge in [0, 0.05) is 39.1 Å². The van der Waals surface area contributed by atoms with Crippen LogP contribution in [0.15, 0.2) is 48.5 Å². The Morgan fingerprint density at radius 2 is 1.65 bits per heavy atom. The Morgan fingerprint density at radius 1 is 0.923 bits per heavy atom. The molecule has 26 heavy (non-hydrogen) atoms. The van der Waals surface area contributed by atoms with Crippen molar-refractivity contribution in [2.75, 3.05) is 44.8 Å². The highest BCUT2D eigenvalue weighted by molar-refractivity contribution is 5.59. The Hall–Kier alpha value is -1.88. The van der Waals surface area contributed by atoms with Crippen molar-refractivity contribution >= 4 is 5.69 Å². The number of piperazine rings is 1. The number of hydrogen-bond donors (Lipinski definition) is 0. The van der Waals surface area contributed by atoms with Gasteiger partial charge in [-0.3, -0.25) is 9.74 Å². The van der Waals surface area contributed by atoms with Gasteiger partial charge >= 0.3 is 0 Å². The lowest BCUT2D eigenvalue weighted by Crippen LogP contribution is -2.47. The third-order valence-electron chi connectivity index (χ3n) is 6.11. The van der Waals surface area contributed by atoms with Crippen molar-refractivity contribution in [2.45, 2.75) is 25.0 Å². The van der Waals surface area contributed by atoms with Crippen LogP contribution in [0.5, 0.6) is 0 Å². The molecule has 0 aromatic heterocycles. The number of para-hydroxylation sites is 1. The van der Waals surface area contributed by atoms with Crippen LogP contribution >= 0.6 is 0 Å². The van der Waals surface area contributed by atoms with E-state index in [0.717, 1.165) is 45.6 Å². The Kier molecular flexibility index (Phi) is 4.20. The third-order valence-corrected chi connectivity index (χ3v) is 6.11. The molecule has 4 heteroatoms. The average molecular weight is 349 g/mol. The van der Waals surface area contributed by atoms with Crippen molar-refractivity contribution in [3.8, 4) is 0 Å². The fourth-order valence-electron chi connectivity index (χ4n) is 4.63. The molecule has 0 bridgehead atoms. The molecule has 2 saturated heterocycles. The molecular formula is C22H27N3O.